The van der Waals surface area contributed by atoms with Crippen LogP contribution in [0.2, 0.25) is 0 Å². The molecule has 0 radical (unpaired) electrons. The van der Waals surface area contributed by atoms with Crippen molar-refractivity contribution in [3.8, 4) is 0 Å². The van der Waals surface area contributed by atoms with Gasteiger partial charge >= 0.3 is 0 Å². The van der Waals surface area contributed by atoms with Gasteiger partial charge in [0.25, 0.3) is 0 Å². The van der Waals surface area contributed by atoms with Gasteiger partial charge in [-0.15, -0.1) is 5.10 Å². The summed E-state index contributed by atoms with van der Waals surface area (Å²) >= 11 is 0. The lowest BCUT2D eigenvalue weighted by atomic mass is 10.0. The molecule has 0 saturated heterocycles. The van der Waals surface area contributed by atoms with Gasteiger partial charge in [0.1, 0.15) is 6.54 Å². The Balaban J connectivity index is 2.53. The van der Waals surface area contributed by atoms with E-state index in [4.69, 9.17) is 5.73 Å². The Labute approximate surface area is 108 Å². The molecule has 0 bridgehead atoms. The molecular formula is C12H23N5O. The summed E-state index contributed by atoms with van der Waals surface area (Å²) in [6.45, 7) is 6.92. The first-order valence-electron chi connectivity index (χ1n) is 6.28. The van der Waals surface area contributed by atoms with Crippen LogP contribution in [-0.2, 0) is 17.9 Å². The Hall–Kier alpha value is -1.43. The number of hydrogen-bond acceptors (Lipinski definition) is 4. The van der Waals surface area contributed by atoms with Crippen LogP contribution in [0.15, 0.2) is 6.20 Å². The average Bonchev–Trinajstić information content (AvgIpc) is 2.74. The van der Waals surface area contributed by atoms with Crippen molar-refractivity contribution in [1.82, 2.24) is 19.9 Å². The molecular weight excluding hydrogens is 230 g/mol. The van der Waals surface area contributed by atoms with Crippen LogP contribution in [0.3, 0.4) is 0 Å². The number of nitrogens with two attached hydrogens (primary N) is 1. The lowest BCUT2D eigenvalue weighted by Gasteiger charge is -2.26. The molecule has 6 heteroatoms. The summed E-state index contributed by atoms with van der Waals surface area (Å²) in [7, 11) is 1.83. The summed E-state index contributed by atoms with van der Waals surface area (Å²) in [5, 5.41) is 7.73. The molecule has 1 heterocycles. The molecule has 0 aliphatic rings. The van der Waals surface area contributed by atoms with Crippen molar-refractivity contribution in [3.05, 3.63) is 11.9 Å². The number of hydrogen-bond donors (Lipinski definition) is 1. The second-order valence-electron chi connectivity index (χ2n) is 5.09. The third-order valence-electron chi connectivity index (χ3n) is 2.96. The van der Waals surface area contributed by atoms with E-state index in [9.17, 15) is 4.79 Å². The molecule has 18 heavy (non-hydrogen) atoms. The zero-order valence-electron chi connectivity index (χ0n) is 11.6. The first-order chi connectivity index (χ1) is 8.43. The molecule has 2 N–H and O–H groups in total. The van der Waals surface area contributed by atoms with Crippen molar-refractivity contribution in [2.75, 3.05) is 7.05 Å². The molecule has 6 nitrogen and oxygen atoms in total. The molecule has 0 saturated carbocycles. The van der Waals surface area contributed by atoms with Crippen LogP contribution in [-0.4, -0.2) is 38.9 Å². The van der Waals surface area contributed by atoms with Crippen molar-refractivity contribution in [1.29, 1.82) is 0 Å². The van der Waals surface area contributed by atoms with Crippen LogP contribution in [0.4, 0.5) is 0 Å². The lowest BCUT2D eigenvalue weighted by molar-refractivity contribution is -0.132. The maximum absolute atomic E-state index is 12.0. The van der Waals surface area contributed by atoms with Crippen LogP contribution in [0, 0.1) is 5.92 Å². The third-order valence-corrected chi connectivity index (χ3v) is 2.96. The maximum atomic E-state index is 12.0. The van der Waals surface area contributed by atoms with Gasteiger partial charge in [-0.3, -0.25) is 4.79 Å². The summed E-state index contributed by atoms with van der Waals surface area (Å²) in [5.41, 5.74) is 6.14. The minimum atomic E-state index is 0.0385. The molecule has 0 aliphatic carbocycles. The highest BCUT2D eigenvalue weighted by molar-refractivity contribution is 5.75. The van der Waals surface area contributed by atoms with Crippen molar-refractivity contribution in [2.45, 2.75) is 46.3 Å². The third kappa shape index (κ3) is 4.10. The normalized spacial score (nSPS) is 12.8. The van der Waals surface area contributed by atoms with Gasteiger partial charge in [0, 0.05) is 19.6 Å². The van der Waals surface area contributed by atoms with Gasteiger partial charge in [0.2, 0.25) is 5.91 Å². The van der Waals surface area contributed by atoms with E-state index < -0.39 is 0 Å². The van der Waals surface area contributed by atoms with Gasteiger partial charge in [-0.25, -0.2) is 4.68 Å². The Morgan fingerprint density at radius 2 is 2.17 bits per heavy atom. The first-order valence-corrected chi connectivity index (χ1v) is 6.28. The highest BCUT2D eigenvalue weighted by atomic mass is 16.2. The second kappa shape index (κ2) is 6.49. The topological polar surface area (TPSA) is 77.0 Å². The fourth-order valence-electron chi connectivity index (χ4n) is 1.85. The Bertz CT molecular complexity index is 388. The number of rotatable bonds is 6. The fourth-order valence-corrected chi connectivity index (χ4v) is 1.85. The summed E-state index contributed by atoms with van der Waals surface area (Å²) in [4.78, 5) is 13.8. The molecule has 1 amide bonds. The molecule has 1 aromatic heterocycles. The molecule has 0 spiro atoms. The average molecular weight is 253 g/mol. The second-order valence-corrected chi connectivity index (χ2v) is 5.09. The molecule has 0 fully saturated rings. The number of nitrogens with zero attached hydrogens (tertiary/aromatic N) is 4. The van der Waals surface area contributed by atoms with Crippen LogP contribution in [0.5, 0.6) is 0 Å². The summed E-state index contributed by atoms with van der Waals surface area (Å²) in [6, 6.07) is 0.231. The number of carbonyl (C=O) groups excluding carboxylic acids is 1. The van der Waals surface area contributed by atoms with Crippen LogP contribution < -0.4 is 5.73 Å². The van der Waals surface area contributed by atoms with Gasteiger partial charge in [-0.2, -0.15) is 0 Å². The summed E-state index contributed by atoms with van der Waals surface area (Å²) < 4.78 is 1.53. The smallest absolute Gasteiger partial charge is 0.244 e. The molecule has 1 aromatic rings. The van der Waals surface area contributed by atoms with Crippen molar-refractivity contribution >= 4 is 5.91 Å². The molecule has 1 rings (SSSR count). The monoisotopic (exact) mass is 253 g/mol. The zero-order valence-corrected chi connectivity index (χ0v) is 11.6. The quantitative estimate of drug-likeness (QED) is 0.806. The minimum Gasteiger partial charge on any atom is -0.341 e. The minimum absolute atomic E-state index is 0.0385. The predicted molar refractivity (Wildman–Crippen MR) is 69.6 cm³/mol. The van der Waals surface area contributed by atoms with Gasteiger partial charge in [-0.05, 0) is 19.3 Å². The zero-order chi connectivity index (χ0) is 13.7. The van der Waals surface area contributed by atoms with Crippen molar-refractivity contribution < 1.29 is 4.79 Å². The highest BCUT2D eigenvalue weighted by Gasteiger charge is 2.17. The van der Waals surface area contributed by atoms with E-state index in [0.717, 1.165) is 6.42 Å². The fraction of sp³-hybridized carbons (Fsp3) is 0.750. The molecule has 0 aliphatic heterocycles. The van der Waals surface area contributed by atoms with E-state index in [1.807, 2.05) is 7.05 Å². The number of carbonyl (C=O) groups is 1. The van der Waals surface area contributed by atoms with E-state index in [1.165, 1.54) is 4.68 Å². The number of likely N-dealkylation sites (N-methyl/N-ethyl adjacent to an activating group) is 1. The van der Waals surface area contributed by atoms with Crippen molar-refractivity contribution in [2.24, 2.45) is 11.7 Å². The predicted octanol–water partition coefficient (Wildman–Crippen LogP) is 0.630. The van der Waals surface area contributed by atoms with Gasteiger partial charge < -0.3 is 10.6 Å². The Kier molecular flexibility index (Phi) is 5.27. The Morgan fingerprint density at radius 1 is 1.50 bits per heavy atom. The van der Waals surface area contributed by atoms with Gasteiger partial charge in [0.15, 0.2) is 0 Å². The van der Waals surface area contributed by atoms with E-state index >= 15 is 0 Å². The molecule has 1 atom stereocenters. The number of amides is 1. The Morgan fingerprint density at radius 3 is 2.67 bits per heavy atom. The van der Waals surface area contributed by atoms with Crippen LogP contribution in [0.25, 0.3) is 0 Å². The van der Waals surface area contributed by atoms with E-state index in [1.54, 1.807) is 11.1 Å². The number of aromatic nitrogens is 3. The standard InChI is InChI=1S/C12H23N5O/c1-9(2)5-10(3)16(4)12(18)8-17-7-11(6-13)14-15-17/h7,9-10H,5-6,8,13H2,1-4H3. The summed E-state index contributed by atoms with van der Waals surface area (Å²) in [6.07, 6.45) is 2.70. The maximum Gasteiger partial charge on any atom is 0.244 e. The lowest BCUT2D eigenvalue weighted by Crippen LogP contribution is -2.38. The summed E-state index contributed by atoms with van der Waals surface area (Å²) in [5.74, 6) is 0.613. The SMILES string of the molecule is CC(C)CC(C)N(C)C(=O)Cn1cc(CN)nn1. The van der Waals surface area contributed by atoms with Gasteiger partial charge in [0.05, 0.1) is 11.9 Å². The van der Waals surface area contributed by atoms with Crippen molar-refractivity contribution in [3.63, 3.8) is 0 Å². The first kappa shape index (κ1) is 14.6. The van der Waals surface area contributed by atoms with E-state index in [2.05, 4.69) is 31.1 Å². The largest absolute Gasteiger partial charge is 0.341 e. The van der Waals surface area contributed by atoms with E-state index in [0.29, 0.717) is 18.2 Å². The molecule has 102 valence electrons. The van der Waals surface area contributed by atoms with Gasteiger partial charge in [-0.1, -0.05) is 19.1 Å². The highest BCUT2D eigenvalue weighted by Crippen LogP contribution is 2.10. The van der Waals surface area contributed by atoms with Crippen LogP contribution >= 0.6 is 0 Å². The van der Waals surface area contributed by atoms with E-state index in [-0.39, 0.29) is 18.5 Å². The van der Waals surface area contributed by atoms with Crippen LogP contribution in [0.1, 0.15) is 32.9 Å². The molecule has 1 unspecified atom stereocenters. The molecule has 0 aromatic carbocycles.